The van der Waals surface area contributed by atoms with Crippen molar-refractivity contribution < 1.29 is 4.74 Å². The maximum atomic E-state index is 6.41. The summed E-state index contributed by atoms with van der Waals surface area (Å²) >= 11 is 0. The number of benzene rings is 1. The molecule has 1 saturated carbocycles. The van der Waals surface area contributed by atoms with Crippen LogP contribution in [0.5, 0.6) is 5.75 Å². The minimum atomic E-state index is 0.183. The first-order chi connectivity index (χ1) is 8.29. The Balaban J connectivity index is 1.96. The van der Waals surface area contributed by atoms with Gasteiger partial charge >= 0.3 is 0 Å². The first kappa shape index (κ1) is 10.9. The van der Waals surface area contributed by atoms with E-state index in [4.69, 9.17) is 10.5 Å². The molecule has 0 radical (unpaired) electrons. The highest BCUT2D eigenvalue weighted by molar-refractivity contribution is 5.59. The van der Waals surface area contributed by atoms with Crippen LogP contribution in [0.4, 0.5) is 5.69 Å². The standard InChI is InChI=1S/C14H20N2O/c1-17-9-6-7-11-13(8-9)16-12-5-3-2-4-10(12)14(11)15/h6-8,10,12,14,16H,2-5,15H2,1H3. The lowest BCUT2D eigenvalue weighted by Gasteiger charge is -2.42. The summed E-state index contributed by atoms with van der Waals surface area (Å²) in [5, 5.41) is 3.64. The Morgan fingerprint density at radius 2 is 2.12 bits per heavy atom. The van der Waals surface area contributed by atoms with Gasteiger partial charge in [-0.3, -0.25) is 0 Å². The predicted molar refractivity (Wildman–Crippen MR) is 69.3 cm³/mol. The summed E-state index contributed by atoms with van der Waals surface area (Å²) < 4.78 is 5.27. The molecule has 2 aliphatic rings. The van der Waals surface area contributed by atoms with Crippen LogP contribution in [0.2, 0.25) is 0 Å². The lowest BCUT2D eigenvalue weighted by molar-refractivity contribution is 0.270. The molecule has 3 unspecified atom stereocenters. The third-order valence-electron chi connectivity index (χ3n) is 4.24. The Labute approximate surface area is 102 Å². The van der Waals surface area contributed by atoms with Crippen molar-refractivity contribution >= 4 is 5.69 Å². The van der Waals surface area contributed by atoms with Crippen molar-refractivity contribution in [2.24, 2.45) is 11.7 Å². The van der Waals surface area contributed by atoms with Crippen molar-refractivity contribution in [2.45, 2.75) is 37.8 Å². The van der Waals surface area contributed by atoms with E-state index in [1.165, 1.54) is 36.9 Å². The van der Waals surface area contributed by atoms with Crippen molar-refractivity contribution in [3.05, 3.63) is 23.8 Å². The average Bonchev–Trinajstić information content (AvgIpc) is 2.38. The topological polar surface area (TPSA) is 47.3 Å². The molecule has 1 fully saturated rings. The zero-order valence-corrected chi connectivity index (χ0v) is 10.3. The molecular formula is C14H20N2O. The molecule has 17 heavy (non-hydrogen) atoms. The van der Waals surface area contributed by atoms with Crippen LogP contribution >= 0.6 is 0 Å². The lowest BCUT2D eigenvalue weighted by Crippen LogP contribution is -2.43. The molecule has 1 aliphatic heterocycles. The molecule has 1 aliphatic carbocycles. The van der Waals surface area contributed by atoms with Gasteiger partial charge in [0.15, 0.2) is 0 Å². The highest BCUT2D eigenvalue weighted by atomic mass is 16.5. The largest absolute Gasteiger partial charge is 0.497 e. The van der Waals surface area contributed by atoms with Gasteiger partial charge in [0.2, 0.25) is 0 Å². The molecule has 0 aromatic heterocycles. The van der Waals surface area contributed by atoms with Crippen LogP contribution in [0.1, 0.15) is 37.3 Å². The molecule has 1 aromatic carbocycles. The highest BCUT2D eigenvalue weighted by Gasteiger charge is 2.35. The van der Waals surface area contributed by atoms with Crippen molar-refractivity contribution in [2.75, 3.05) is 12.4 Å². The number of hydrogen-bond donors (Lipinski definition) is 2. The van der Waals surface area contributed by atoms with E-state index in [1.54, 1.807) is 7.11 Å². The van der Waals surface area contributed by atoms with Crippen LogP contribution in [0.25, 0.3) is 0 Å². The monoisotopic (exact) mass is 232 g/mol. The zero-order chi connectivity index (χ0) is 11.8. The van der Waals surface area contributed by atoms with E-state index in [2.05, 4.69) is 17.4 Å². The maximum Gasteiger partial charge on any atom is 0.120 e. The highest BCUT2D eigenvalue weighted by Crippen LogP contribution is 2.42. The van der Waals surface area contributed by atoms with Crippen LogP contribution in [-0.2, 0) is 0 Å². The van der Waals surface area contributed by atoms with E-state index >= 15 is 0 Å². The predicted octanol–water partition coefficient (Wildman–Crippen LogP) is 2.68. The molecule has 0 bridgehead atoms. The Morgan fingerprint density at radius 1 is 1.29 bits per heavy atom. The Hall–Kier alpha value is -1.22. The number of hydrogen-bond acceptors (Lipinski definition) is 3. The Morgan fingerprint density at radius 3 is 2.94 bits per heavy atom. The number of nitrogens with one attached hydrogen (secondary N) is 1. The molecule has 3 heteroatoms. The van der Waals surface area contributed by atoms with Crippen molar-refractivity contribution in [3.63, 3.8) is 0 Å². The molecule has 3 N–H and O–H groups in total. The van der Waals surface area contributed by atoms with Gasteiger partial charge in [-0.1, -0.05) is 18.9 Å². The Kier molecular flexibility index (Phi) is 2.71. The van der Waals surface area contributed by atoms with Gasteiger partial charge in [0, 0.05) is 23.8 Å². The van der Waals surface area contributed by atoms with Crippen LogP contribution < -0.4 is 15.8 Å². The first-order valence-electron chi connectivity index (χ1n) is 6.49. The maximum absolute atomic E-state index is 6.41. The third-order valence-corrected chi connectivity index (χ3v) is 4.24. The van der Waals surface area contributed by atoms with E-state index in [0.717, 1.165) is 5.75 Å². The molecule has 1 heterocycles. The fraction of sp³-hybridized carbons (Fsp3) is 0.571. The first-order valence-corrected chi connectivity index (χ1v) is 6.49. The second-order valence-electron chi connectivity index (χ2n) is 5.18. The molecule has 0 spiro atoms. The third kappa shape index (κ3) is 1.78. The number of rotatable bonds is 1. The Bertz CT molecular complexity index is 419. The average molecular weight is 232 g/mol. The lowest BCUT2D eigenvalue weighted by atomic mass is 9.75. The van der Waals surface area contributed by atoms with Crippen molar-refractivity contribution in [1.82, 2.24) is 0 Å². The smallest absolute Gasteiger partial charge is 0.120 e. The molecule has 3 nitrogen and oxygen atoms in total. The van der Waals surface area contributed by atoms with Gasteiger partial charge in [0.25, 0.3) is 0 Å². The van der Waals surface area contributed by atoms with E-state index in [1.807, 2.05) is 6.07 Å². The van der Waals surface area contributed by atoms with Crippen LogP contribution in [0.3, 0.4) is 0 Å². The van der Waals surface area contributed by atoms with Gasteiger partial charge < -0.3 is 15.8 Å². The molecule has 0 amide bonds. The van der Waals surface area contributed by atoms with Crippen LogP contribution in [0.15, 0.2) is 18.2 Å². The summed E-state index contributed by atoms with van der Waals surface area (Å²) in [6.45, 7) is 0. The molecule has 1 aromatic rings. The molecule has 3 atom stereocenters. The van der Waals surface area contributed by atoms with Gasteiger partial charge in [-0.05, 0) is 30.4 Å². The molecule has 0 saturated heterocycles. The summed E-state index contributed by atoms with van der Waals surface area (Å²) in [7, 11) is 1.70. The normalized spacial score (nSPS) is 31.1. The van der Waals surface area contributed by atoms with Crippen LogP contribution in [-0.4, -0.2) is 13.2 Å². The fourth-order valence-electron chi connectivity index (χ4n) is 3.28. The second-order valence-corrected chi connectivity index (χ2v) is 5.18. The number of nitrogens with two attached hydrogens (primary N) is 1. The fourth-order valence-corrected chi connectivity index (χ4v) is 3.28. The van der Waals surface area contributed by atoms with Crippen molar-refractivity contribution in [1.29, 1.82) is 0 Å². The van der Waals surface area contributed by atoms with E-state index < -0.39 is 0 Å². The second kappa shape index (κ2) is 4.22. The summed E-state index contributed by atoms with van der Waals surface area (Å²) in [6.07, 6.45) is 5.14. The van der Waals surface area contributed by atoms with Gasteiger partial charge in [-0.25, -0.2) is 0 Å². The summed E-state index contributed by atoms with van der Waals surface area (Å²) in [4.78, 5) is 0. The van der Waals surface area contributed by atoms with Gasteiger partial charge in [0.1, 0.15) is 5.75 Å². The SMILES string of the molecule is COc1ccc2c(c1)NC1CCCCC1C2N. The minimum Gasteiger partial charge on any atom is -0.497 e. The van der Waals surface area contributed by atoms with E-state index in [9.17, 15) is 0 Å². The van der Waals surface area contributed by atoms with Gasteiger partial charge in [0.05, 0.1) is 7.11 Å². The zero-order valence-electron chi connectivity index (χ0n) is 10.3. The summed E-state index contributed by atoms with van der Waals surface area (Å²) in [5.74, 6) is 1.50. The van der Waals surface area contributed by atoms with E-state index in [0.29, 0.717) is 12.0 Å². The summed E-state index contributed by atoms with van der Waals surface area (Å²) in [5.41, 5.74) is 8.82. The van der Waals surface area contributed by atoms with E-state index in [-0.39, 0.29) is 6.04 Å². The number of ether oxygens (including phenoxy) is 1. The number of fused-ring (bicyclic) bond motifs is 2. The number of methoxy groups -OCH3 is 1. The van der Waals surface area contributed by atoms with Crippen molar-refractivity contribution in [3.8, 4) is 5.75 Å². The molecule has 92 valence electrons. The van der Waals surface area contributed by atoms with Gasteiger partial charge in [-0.2, -0.15) is 0 Å². The van der Waals surface area contributed by atoms with Gasteiger partial charge in [-0.15, -0.1) is 0 Å². The van der Waals surface area contributed by atoms with Crippen LogP contribution in [0, 0.1) is 5.92 Å². The molecular weight excluding hydrogens is 212 g/mol. The quantitative estimate of drug-likeness (QED) is 0.782. The summed E-state index contributed by atoms with van der Waals surface area (Å²) in [6, 6.07) is 6.92. The minimum absolute atomic E-state index is 0.183. The molecule has 3 rings (SSSR count). The number of anilines is 1.